The number of aliphatic hydroxyl groups is 1. The summed E-state index contributed by atoms with van der Waals surface area (Å²) in [4.78, 5) is 2.25. The summed E-state index contributed by atoms with van der Waals surface area (Å²) in [6.45, 7) is 6.76. The van der Waals surface area contributed by atoms with E-state index >= 15 is 0 Å². The van der Waals surface area contributed by atoms with Crippen LogP contribution in [-0.4, -0.2) is 30.4 Å². The van der Waals surface area contributed by atoms with E-state index in [1.807, 2.05) is 26.0 Å². The maximum absolute atomic E-state index is 10.3. The molecule has 0 unspecified atom stereocenters. The van der Waals surface area contributed by atoms with Crippen LogP contribution >= 0.6 is 0 Å². The summed E-state index contributed by atoms with van der Waals surface area (Å²) < 4.78 is 5.41. The summed E-state index contributed by atoms with van der Waals surface area (Å²) in [7, 11) is 1.62. The van der Waals surface area contributed by atoms with E-state index in [-0.39, 0.29) is 12.0 Å². The van der Waals surface area contributed by atoms with Crippen LogP contribution in [0.25, 0.3) is 0 Å². The average Bonchev–Trinajstić information content (AvgIpc) is 2.79. The Morgan fingerprint density at radius 3 is 2.65 bits per heavy atom. The zero-order valence-corrected chi connectivity index (χ0v) is 12.6. The highest BCUT2D eigenvalue weighted by Gasteiger charge is 2.40. The summed E-state index contributed by atoms with van der Waals surface area (Å²) in [5.74, 6) is 0.940. The highest BCUT2D eigenvalue weighted by Crippen LogP contribution is 2.39. The predicted octanol–water partition coefficient (Wildman–Crippen LogP) is 2.55. The van der Waals surface area contributed by atoms with E-state index < -0.39 is 5.60 Å². The number of benzene rings is 1. The van der Waals surface area contributed by atoms with Crippen LogP contribution in [-0.2, 0) is 0 Å². The third-order valence-electron chi connectivity index (χ3n) is 4.28. The third-order valence-corrected chi connectivity index (χ3v) is 4.28. The van der Waals surface area contributed by atoms with Gasteiger partial charge in [0, 0.05) is 24.6 Å². The molecule has 108 valence electrons. The summed E-state index contributed by atoms with van der Waals surface area (Å²) in [5.41, 5.74) is 0.899. The van der Waals surface area contributed by atoms with Gasteiger partial charge in [-0.2, -0.15) is 5.26 Å². The monoisotopic (exact) mass is 274 g/mol. The molecule has 0 bridgehead atoms. The van der Waals surface area contributed by atoms with Crippen LogP contribution in [0.1, 0.15) is 32.8 Å². The molecular weight excluding hydrogens is 252 g/mol. The molecule has 2 rings (SSSR count). The number of hydrogen-bond acceptors (Lipinski definition) is 4. The molecule has 1 aliphatic rings. The van der Waals surface area contributed by atoms with Gasteiger partial charge in [0.2, 0.25) is 0 Å². The van der Waals surface area contributed by atoms with E-state index in [0.29, 0.717) is 11.3 Å². The number of hydrogen-bond donors (Lipinski definition) is 1. The van der Waals surface area contributed by atoms with Gasteiger partial charge < -0.3 is 14.7 Å². The molecule has 1 N–H and O–H groups in total. The first-order chi connectivity index (χ1) is 9.38. The Kier molecular flexibility index (Phi) is 3.92. The Bertz CT molecular complexity index is 528. The van der Waals surface area contributed by atoms with Crippen molar-refractivity contribution in [2.75, 3.05) is 18.6 Å². The van der Waals surface area contributed by atoms with Crippen LogP contribution in [0.3, 0.4) is 0 Å². The van der Waals surface area contributed by atoms with Gasteiger partial charge in [-0.1, -0.05) is 0 Å². The Hall–Kier alpha value is -1.73. The molecular formula is C16H22N2O2. The maximum atomic E-state index is 10.3. The fourth-order valence-electron chi connectivity index (χ4n) is 3.21. The van der Waals surface area contributed by atoms with E-state index in [9.17, 15) is 5.11 Å². The van der Waals surface area contributed by atoms with Gasteiger partial charge in [-0.3, -0.25) is 0 Å². The fraction of sp³-hybridized carbons (Fsp3) is 0.562. The zero-order valence-electron chi connectivity index (χ0n) is 12.6. The van der Waals surface area contributed by atoms with Crippen molar-refractivity contribution in [3.63, 3.8) is 0 Å². The number of rotatable bonds is 3. The van der Waals surface area contributed by atoms with Gasteiger partial charge in [-0.25, -0.2) is 0 Å². The maximum Gasteiger partial charge on any atom is 0.143 e. The normalized spacial score (nSPS) is 22.7. The van der Waals surface area contributed by atoms with Gasteiger partial charge >= 0.3 is 0 Å². The lowest BCUT2D eigenvalue weighted by Gasteiger charge is -2.33. The summed E-state index contributed by atoms with van der Waals surface area (Å²) in [6.07, 6.45) is 0.952. The molecule has 20 heavy (non-hydrogen) atoms. The SMILES string of the molecule is COc1cc(C#N)ccc1N1CC[C@H](C(C)(C)O)[C@@H]1C. The Labute approximate surface area is 120 Å². The second-order valence-corrected chi connectivity index (χ2v) is 5.98. The van der Waals surface area contributed by atoms with Crippen molar-refractivity contribution in [2.45, 2.75) is 38.8 Å². The van der Waals surface area contributed by atoms with Gasteiger partial charge in [0.25, 0.3) is 0 Å². The minimum atomic E-state index is -0.687. The molecule has 1 heterocycles. The van der Waals surface area contributed by atoms with Gasteiger partial charge in [-0.05, 0) is 39.3 Å². The van der Waals surface area contributed by atoms with E-state index in [1.165, 1.54) is 0 Å². The number of nitriles is 1. The van der Waals surface area contributed by atoms with Crippen LogP contribution in [0.2, 0.25) is 0 Å². The fourth-order valence-corrected chi connectivity index (χ4v) is 3.21. The summed E-state index contributed by atoms with van der Waals surface area (Å²) >= 11 is 0. The van der Waals surface area contributed by atoms with E-state index in [0.717, 1.165) is 18.7 Å². The first kappa shape index (κ1) is 14.7. The van der Waals surface area contributed by atoms with Gasteiger partial charge in [0.05, 0.1) is 30.0 Å². The van der Waals surface area contributed by atoms with Crippen molar-refractivity contribution >= 4 is 5.69 Å². The van der Waals surface area contributed by atoms with Gasteiger partial charge in [0.15, 0.2) is 0 Å². The van der Waals surface area contributed by atoms with Crippen molar-refractivity contribution in [3.8, 4) is 11.8 Å². The number of ether oxygens (including phenoxy) is 1. The van der Waals surface area contributed by atoms with Crippen LogP contribution in [0.5, 0.6) is 5.75 Å². The average molecular weight is 274 g/mol. The lowest BCUT2D eigenvalue weighted by molar-refractivity contribution is 0.0156. The van der Waals surface area contributed by atoms with E-state index in [4.69, 9.17) is 10.00 Å². The Morgan fingerprint density at radius 2 is 2.15 bits per heavy atom. The van der Waals surface area contributed by atoms with Crippen LogP contribution in [0.15, 0.2) is 18.2 Å². The minimum absolute atomic E-state index is 0.225. The first-order valence-corrected chi connectivity index (χ1v) is 6.95. The number of methoxy groups -OCH3 is 1. The largest absolute Gasteiger partial charge is 0.495 e. The van der Waals surface area contributed by atoms with Gasteiger partial charge in [-0.15, -0.1) is 0 Å². The highest BCUT2D eigenvalue weighted by molar-refractivity contribution is 5.62. The lowest BCUT2D eigenvalue weighted by atomic mass is 9.85. The molecule has 1 aliphatic heterocycles. The molecule has 4 nitrogen and oxygen atoms in total. The molecule has 0 spiro atoms. The molecule has 1 aromatic carbocycles. The quantitative estimate of drug-likeness (QED) is 0.920. The van der Waals surface area contributed by atoms with E-state index in [1.54, 1.807) is 13.2 Å². The topological polar surface area (TPSA) is 56.5 Å². The third kappa shape index (κ3) is 2.59. The lowest BCUT2D eigenvalue weighted by Crippen LogP contribution is -2.40. The number of nitrogens with zero attached hydrogens (tertiary/aromatic N) is 2. The van der Waals surface area contributed by atoms with Crippen LogP contribution < -0.4 is 9.64 Å². The summed E-state index contributed by atoms with van der Waals surface area (Å²) in [6, 6.07) is 7.86. The van der Waals surface area contributed by atoms with Crippen molar-refractivity contribution in [1.82, 2.24) is 0 Å². The molecule has 1 fully saturated rings. The van der Waals surface area contributed by atoms with Crippen molar-refractivity contribution < 1.29 is 9.84 Å². The molecule has 0 aromatic heterocycles. The second kappa shape index (κ2) is 5.34. The Balaban J connectivity index is 2.32. The minimum Gasteiger partial charge on any atom is -0.495 e. The van der Waals surface area contributed by atoms with Crippen molar-refractivity contribution in [1.29, 1.82) is 5.26 Å². The van der Waals surface area contributed by atoms with Crippen LogP contribution in [0.4, 0.5) is 5.69 Å². The zero-order chi connectivity index (χ0) is 14.9. The van der Waals surface area contributed by atoms with Crippen molar-refractivity contribution in [3.05, 3.63) is 23.8 Å². The smallest absolute Gasteiger partial charge is 0.143 e. The standard InChI is InChI=1S/C16H22N2O2/c1-11-13(16(2,3)19)7-8-18(11)14-6-5-12(10-17)9-15(14)20-4/h5-6,9,11,13,19H,7-8H2,1-4H3/t11-,13-/m0/s1. The molecule has 0 amide bonds. The molecule has 0 saturated carbocycles. The highest BCUT2D eigenvalue weighted by atomic mass is 16.5. The molecule has 1 aromatic rings. The Morgan fingerprint density at radius 1 is 1.45 bits per heavy atom. The molecule has 0 radical (unpaired) electrons. The predicted molar refractivity (Wildman–Crippen MR) is 78.9 cm³/mol. The first-order valence-electron chi connectivity index (χ1n) is 6.95. The van der Waals surface area contributed by atoms with E-state index in [2.05, 4.69) is 17.9 Å². The molecule has 0 aliphatic carbocycles. The molecule has 2 atom stereocenters. The molecule has 1 saturated heterocycles. The van der Waals surface area contributed by atoms with Crippen LogP contribution in [0, 0.1) is 17.2 Å². The summed E-state index contributed by atoms with van der Waals surface area (Å²) in [5, 5.41) is 19.2. The molecule has 4 heteroatoms. The second-order valence-electron chi connectivity index (χ2n) is 5.98. The van der Waals surface area contributed by atoms with Crippen molar-refractivity contribution in [2.24, 2.45) is 5.92 Å². The van der Waals surface area contributed by atoms with Gasteiger partial charge in [0.1, 0.15) is 5.75 Å². The number of anilines is 1.